The van der Waals surface area contributed by atoms with Gasteiger partial charge in [-0.15, -0.1) is 0 Å². The van der Waals surface area contributed by atoms with Crippen LogP contribution in [-0.2, 0) is 4.79 Å². The maximum atomic E-state index is 11.8. The average Bonchev–Trinajstić information content (AvgIpc) is 3.00. The molecule has 0 radical (unpaired) electrons. The van der Waals surface area contributed by atoms with E-state index in [0.717, 1.165) is 29.2 Å². The number of nitrogens with one attached hydrogen (secondary N) is 1. The van der Waals surface area contributed by atoms with Gasteiger partial charge >= 0.3 is 0 Å². The summed E-state index contributed by atoms with van der Waals surface area (Å²) < 4.78 is 17.1. The molecule has 7 heteroatoms. The fourth-order valence-electron chi connectivity index (χ4n) is 2.40. The second kappa shape index (κ2) is 9.43. The minimum Gasteiger partial charge on any atom is -0.497 e. The number of thioether (sulfide) groups is 1. The molecule has 1 saturated heterocycles. The maximum Gasteiger partial charge on any atom is 0.263 e. The zero-order chi connectivity index (χ0) is 19.1. The molecule has 0 spiro atoms. The van der Waals surface area contributed by atoms with E-state index in [-0.39, 0.29) is 5.91 Å². The normalized spacial score (nSPS) is 14.9. The zero-order valence-electron chi connectivity index (χ0n) is 14.8. The van der Waals surface area contributed by atoms with E-state index in [4.69, 9.17) is 26.4 Å². The van der Waals surface area contributed by atoms with Crippen LogP contribution in [0.2, 0.25) is 0 Å². The third-order valence-electron chi connectivity index (χ3n) is 3.72. The summed E-state index contributed by atoms with van der Waals surface area (Å²) in [6.07, 6.45) is 2.53. The van der Waals surface area contributed by atoms with Gasteiger partial charge in [0.25, 0.3) is 5.91 Å². The fraction of sp³-hybridized carbons (Fsp3) is 0.200. The lowest BCUT2D eigenvalue weighted by Crippen LogP contribution is -2.17. The van der Waals surface area contributed by atoms with Crippen LogP contribution in [-0.4, -0.2) is 30.6 Å². The van der Waals surface area contributed by atoms with E-state index < -0.39 is 0 Å². The summed E-state index contributed by atoms with van der Waals surface area (Å²) in [7, 11) is 1.63. The Balaban J connectivity index is 1.50. The Morgan fingerprint density at radius 2 is 1.74 bits per heavy atom. The SMILES string of the molecule is COc1ccc(OCCCOc2ccccc2/C=C2/SC(=S)NC2=O)cc1. The van der Waals surface area contributed by atoms with Gasteiger partial charge in [0.1, 0.15) is 21.6 Å². The lowest BCUT2D eigenvalue weighted by molar-refractivity contribution is -0.115. The molecule has 1 amide bonds. The van der Waals surface area contributed by atoms with Gasteiger partial charge in [0.05, 0.1) is 25.2 Å². The Bertz CT molecular complexity index is 849. The van der Waals surface area contributed by atoms with E-state index in [1.54, 1.807) is 13.2 Å². The molecular weight excluding hydrogens is 382 g/mol. The van der Waals surface area contributed by atoms with Gasteiger partial charge < -0.3 is 19.5 Å². The van der Waals surface area contributed by atoms with Crippen molar-refractivity contribution in [3.8, 4) is 17.2 Å². The molecule has 27 heavy (non-hydrogen) atoms. The van der Waals surface area contributed by atoms with Crippen molar-refractivity contribution < 1.29 is 19.0 Å². The number of rotatable bonds is 8. The molecule has 1 fully saturated rings. The predicted octanol–water partition coefficient (Wildman–Crippen LogP) is 4.03. The van der Waals surface area contributed by atoms with Gasteiger partial charge in [-0.1, -0.05) is 42.2 Å². The lowest BCUT2D eigenvalue weighted by Gasteiger charge is -2.10. The maximum absolute atomic E-state index is 11.8. The van der Waals surface area contributed by atoms with Crippen molar-refractivity contribution in [3.05, 3.63) is 59.0 Å². The highest BCUT2D eigenvalue weighted by Crippen LogP contribution is 2.29. The predicted molar refractivity (Wildman–Crippen MR) is 111 cm³/mol. The second-order valence-corrected chi connectivity index (χ2v) is 7.33. The van der Waals surface area contributed by atoms with Crippen molar-refractivity contribution in [1.29, 1.82) is 0 Å². The smallest absolute Gasteiger partial charge is 0.263 e. The molecule has 140 valence electrons. The number of hydrogen-bond donors (Lipinski definition) is 1. The fourth-order valence-corrected chi connectivity index (χ4v) is 3.43. The van der Waals surface area contributed by atoms with Crippen LogP contribution in [0, 0.1) is 0 Å². The number of ether oxygens (including phenoxy) is 3. The van der Waals surface area contributed by atoms with Crippen LogP contribution in [0.4, 0.5) is 0 Å². The molecule has 0 saturated carbocycles. The molecular formula is C20H19NO4S2. The third kappa shape index (κ3) is 5.48. The largest absolute Gasteiger partial charge is 0.497 e. The molecule has 1 aliphatic heterocycles. The Labute approximate surface area is 167 Å². The molecule has 1 heterocycles. The molecule has 0 aliphatic carbocycles. The van der Waals surface area contributed by atoms with Crippen LogP contribution in [0.3, 0.4) is 0 Å². The zero-order valence-corrected chi connectivity index (χ0v) is 16.4. The van der Waals surface area contributed by atoms with Crippen LogP contribution in [0.25, 0.3) is 6.08 Å². The van der Waals surface area contributed by atoms with E-state index >= 15 is 0 Å². The molecule has 1 N–H and O–H groups in total. The molecule has 5 nitrogen and oxygen atoms in total. The summed E-state index contributed by atoms with van der Waals surface area (Å²) in [6, 6.07) is 15.1. The van der Waals surface area contributed by atoms with E-state index in [1.165, 1.54) is 11.8 Å². The molecule has 0 bridgehead atoms. The number of benzene rings is 2. The van der Waals surface area contributed by atoms with E-state index in [2.05, 4.69) is 5.32 Å². The van der Waals surface area contributed by atoms with E-state index in [1.807, 2.05) is 48.5 Å². The first-order valence-electron chi connectivity index (χ1n) is 8.39. The number of thiocarbonyl (C=S) groups is 1. The molecule has 2 aromatic carbocycles. The van der Waals surface area contributed by atoms with Crippen molar-refractivity contribution >= 4 is 40.3 Å². The Morgan fingerprint density at radius 1 is 1.04 bits per heavy atom. The number of carbonyl (C=O) groups is 1. The van der Waals surface area contributed by atoms with Gasteiger partial charge in [-0.3, -0.25) is 4.79 Å². The van der Waals surface area contributed by atoms with Crippen molar-refractivity contribution in [2.45, 2.75) is 6.42 Å². The summed E-state index contributed by atoms with van der Waals surface area (Å²) in [6.45, 7) is 1.05. The molecule has 0 aromatic heterocycles. The molecule has 1 aliphatic rings. The molecule has 3 rings (SSSR count). The van der Waals surface area contributed by atoms with Gasteiger partial charge in [0.2, 0.25) is 0 Å². The Kier molecular flexibility index (Phi) is 6.73. The monoisotopic (exact) mass is 401 g/mol. The van der Waals surface area contributed by atoms with Crippen LogP contribution in [0.1, 0.15) is 12.0 Å². The summed E-state index contributed by atoms with van der Waals surface area (Å²) >= 11 is 6.27. The summed E-state index contributed by atoms with van der Waals surface area (Å²) in [5, 5.41) is 2.61. The molecule has 0 atom stereocenters. The quantitative estimate of drug-likeness (QED) is 0.409. The topological polar surface area (TPSA) is 56.8 Å². The number of methoxy groups -OCH3 is 1. The number of amides is 1. The number of para-hydroxylation sites is 1. The van der Waals surface area contributed by atoms with Gasteiger partial charge in [-0.05, 0) is 36.4 Å². The highest BCUT2D eigenvalue weighted by atomic mass is 32.2. The third-order valence-corrected chi connectivity index (χ3v) is 4.88. The first-order valence-corrected chi connectivity index (χ1v) is 9.62. The van der Waals surface area contributed by atoms with Crippen molar-refractivity contribution in [3.63, 3.8) is 0 Å². The van der Waals surface area contributed by atoms with Crippen molar-refractivity contribution in [1.82, 2.24) is 5.32 Å². The van der Waals surface area contributed by atoms with E-state index in [0.29, 0.717) is 22.4 Å². The summed E-state index contributed by atoms with van der Waals surface area (Å²) in [4.78, 5) is 12.4. The van der Waals surface area contributed by atoms with Gasteiger partial charge in [-0.2, -0.15) is 0 Å². The van der Waals surface area contributed by atoms with Crippen molar-refractivity contribution in [2.75, 3.05) is 20.3 Å². The number of carbonyl (C=O) groups excluding carboxylic acids is 1. The lowest BCUT2D eigenvalue weighted by atomic mass is 10.2. The minimum atomic E-state index is -0.173. The highest BCUT2D eigenvalue weighted by molar-refractivity contribution is 8.26. The summed E-state index contributed by atoms with van der Waals surface area (Å²) in [5.41, 5.74) is 0.843. The Morgan fingerprint density at radius 3 is 2.44 bits per heavy atom. The first kappa shape index (κ1) is 19.3. The van der Waals surface area contributed by atoms with Crippen LogP contribution < -0.4 is 19.5 Å². The van der Waals surface area contributed by atoms with E-state index in [9.17, 15) is 4.79 Å². The van der Waals surface area contributed by atoms with Gasteiger partial charge in [0.15, 0.2) is 0 Å². The highest BCUT2D eigenvalue weighted by Gasteiger charge is 2.22. The van der Waals surface area contributed by atoms with Gasteiger partial charge in [-0.25, -0.2) is 0 Å². The van der Waals surface area contributed by atoms with Crippen LogP contribution >= 0.6 is 24.0 Å². The average molecular weight is 402 g/mol. The molecule has 0 unspecified atom stereocenters. The summed E-state index contributed by atoms with van der Waals surface area (Å²) in [5.74, 6) is 2.14. The van der Waals surface area contributed by atoms with Gasteiger partial charge in [0, 0.05) is 12.0 Å². The minimum absolute atomic E-state index is 0.173. The Hall–Kier alpha value is -2.51. The first-order chi connectivity index (χ1) is 13.2. The molecule has 2 aromatic rings. The number of hydrogen-bond acceptors (Lipinski definition) is 6. The van der Waals surface area contributed by atoms with Crippen LogP contribution in [0.15, 0.2) is 53.4 Å². The van der Waals surface area contributed by atoms with Crippen LogP contribution in [0.5, 0.6) is 17.2 Å². The second-order valence-electron chi connectivity index (χ2n) is 5.62. The van der Waals surface area contributed by atoms with Crippen molar-refractivity contribution in [2.24, 2.45) is 0 Å². The standard InChI is InChI=1S/C20H19NO4S2/c1-23-15-7-9-16(10-8-15)24-11-4-12-25-17-6-3-2-5-14(17)13-18-19(22)21-20(26)27-18/h2-3,5-10,13H,4,11-12H2,1H3,(H,21,22,26)/b18-13+.